The van der Waals surface area contributed by atoms with Gasteiger partial charge in [0.1, 0.15) is 0 Å². The fraction of sp³-hybridized carbons (Fsp3) is 0.143. The molecule has 1 rings (SSSR count). The quantitative estimate of drug-likeness (QED) is 0.401. The Labute approximate surface area is 59.9 Å². The molecule has 0 saturated carbocycles. The van der Waals surface area contributed by atoms with Crippen LogP contribution in [0.4, 0.5) is 5.69 Å². The lowest BCUT2D eigenvalue weighted by Gasteiger charge is -1.93. The Morgan fingerprint density at radius 1 is 1.22 bits per heavy atom. The van der Waals surface area contributed by atoms with Gasteiger partial charge in [0, 0.05) is 5.69 Å². The van der Waals surface area contributed by atoms with Gasteiger partial charge in [0.2, 0.25) is 0 Å². The van der Waals surface area contributed by atoms with E-state index in [4.69, 9.17) is 5.73 Å². The van der Waals surface area contributed by atoms with Gasteiger partial charge in [-0.15, -0.1) is 0 Å². The molecule has 0 heterocycles. The van der Waals surface area contributed by atoms with Crippen molar-refractivity contribution >= 4 is 16.7 Å². The summed E-state index contributed by atoms with van der Waals surface area (Å²) < 4.78 is 0. The molecule has 0 bridgehead atoms. The van der Waals surface area contributed by atoms with E-state index in [1.54, 1.807) is 0 Å². The molecule has 0 radical (unpaired) electrons. The molecule has 2 heteroatoms. The van der Waals surface area contributed by atoms with Crippen molar-refractivity contribution in [1.29, 1.82) is 0 Å². The van der Waals surface area contributed by atoms with E-state index in [1.807, 2.05) is 31.2 Å². The Morgan fingerprint density at radius 3 is 2.11 bits per heavy atom. The Morgan fingerprint density at radius 2 is 1.78 bits per heavy atom. The monoisotopic (exact) mass is 139 g/mol. The summed E-state index contributed by atoms with van der Waals surface area (Å²) >= 11 is 0. The van der Waals surface area contributed by atoms with Gasteiger partial charge < -0.3 is 5.73 Å². The molecular weight excluding hydrogens is 126 g/mol. The molecule has 1 nitrogen and oxygen atoms in total. The number of aryl methyl sites for hydroxylation is 1. The molecule has 0 aliphatic rings. The molecule has 0 aliphatic carbocycles. The lowest BCUT2D eigenvalue weighted by Crippen LogP contribution is -1.85. The first kappa shape index (κ1) is 8.24. The fourth-order valence-corrected chi connectivity index (χ4v) is 0.587. The topological polar surface area (TPSA) is 26.0 Å². The van der Waals surface area contributed by atoms with Crippen LogP contribution in [0.1, 0.15) is 5.56 Å². The molecule has 9 heavy (non-hydrogen) atoms. The maximum Gasteiger partial charge on any atom is 0.0343 e. The van der Waals surface area contributed by atoms with Crippen molar-refractivity contribution in [3.63, 3.8) is 0 Å². The van der Waals surface area contributed by atoms with Crippen LogP contribution in [0, 0.1) is 6.92 Å². The molecule has 0 aromatic heterocycles. The summed E-state index contributed by atoms with van der Waals surface area (Å²) in [5.41, 5.74) is 7.53. The van der Waals surface area contributed by atoms with E-state index in [0.29, 0.717) is 0 Å². The number of hydrogen-bond donors (Lipinski definition) is 1. The summed E-state index contributed by atoms with van der Waals surface area (Å²) in [4.78, 5) is 0. The van der Waals surface area contributed by atoms with Crippen LogP contribution >= 0.6 is 0 Å². The lowest BCUT2D eigenvalue weighted by molar-refractivity contribution is 1.47. The zero-order chi connectivity index (χ0) is 5.98. The van der Waals surface area contributed by atoms with Crippen molar-refractivity contribution in [1.82, 2.24) is 0 Å². The van der Waals surface area contributed by atoms with Gasteiger partial charge in [-0.05, 0) is 29.5 Å². The lowest BCUT2D eigenvalue weighted by atomic mass is 10.2. The van der Waals surface area contributed by atoms with Crippen molar-refractivity contribution in [3.05, 3.63) is 29.8 Å². The smallest absolute Gasteiger partial charge is 0.0343 e. The van der Waals surface area contributed by atoms with Crippen LogP contribution in [0.2, 0.25) is 0 Å². The highest BCUT2D eigenvalue weighted by Crippen LogP contribution is 2.06. The van der Waals surface area contributed by atoms with Gasteiger partial charge in [-0.2, -0.15) is 0 Å². The maximum absolute atomic E-state index is 5.52. The van der Waals surface area contributed by atoms with E-state index in [0.717, 1.165) is 11.3 Å². The van der Waals surface area contributed by atoms with Crippen LogP contribution in [-0.4, -0.2) is 11.0 Å². The van der Waals surface area contributed by atoms with E-state index in [2.05, 4.69) is 0 Å². The molecule has 50 valence electrons. The molecule has 1 aromatic rings. The maximum atomic E-state index is 5.52. The highest BCUT2D eigenvalue weighted by molar-refractivity contribution is 5.75. The van der Waals surface area contributed by atoms with Gasteiger partial charge >= 0.3 is 0 Å². The summed E-state index contributed by atoms with van der Waals surface area (Å²) in [6.07, 6.45) is 0. The number of anilines is 1. The van der Waals surface area contributed by atoms with Gasteiger partial charge in [0.15, 0.2) is 0 Å². The van der Waals surface area contributed by atoms with Crippen LogP contribution < -0.4 is 5.73 Å². The Kier molecular flexibility index (Phi) is 3.02. The summed E-state index contributed by atoms with van der Waals surface area (Å²) in [6.45, 7) is 2.00. The third-order valence-corrected chi connectivity index (χ3v) is 1.19. The van der Waals surface area contributed by atoms with Gasteiger partial charge in [0.05, 0.1) is 0 Å². The number of benzene rings is 1. The third kappa shape index (κ3) is 1.89. The van der Waals surface area contributed by atoms with E-state index < -0.39 is 0 Å². The summed E-state index contributed by atoms with van der Waals surface area (Å²) in [5, 5.41) is 0. The average Bonchev–Trinajstić information content (AvgIpc) is 1.77. The second kappa shape index (κ2) is 3.30. The van der Waals surface area contributed by atoms with Crippen molar-refractivity contribution in [2.75, 3.05) is 5.73 Å². The summed E-state index contributed by atoms with van der Waals surface area (Å²) in [5.74, 6) is 0. The first-order valence-corrected chi connectivity index (χ1v) is 2.62. The molecule has 0 atom stereocenters. The largest absolute Gasteiger partial charge is 0.399 e. The van der Waals surface area contributed by atoms with E-state index in [-0.39, 0.29) is 11.0 Å². The fourth-order valence-electron chi connectivity index (χ4n) is 0.587. The summed E-state index contributed by atoms with van der Waals surface area (Å²) in [6, 6.07) is 7.80. The number of para-hydroxylation sites is 1. The minimum absolute atomic E-state index is 0. The molecule has 2 N–H and O–H groups in total. The normalized spacial score (nSPS) is 8.11. The van der Waals surface area contributed by atoms with E-state index in [9.17, 15) is 0 Å². The van der Waals surface area contributed by atoms with Crippen LogP contribution in [0.3, 0.4) is 0 Å². The first-order valence-electron chi connectivity index (χ1n) is 2.62. The molecule has 0 unspecified atom stereocenters. The van der Waals surface area contributed by atoms with Crippen molar-refractivity contribution in [2.24, 2.45) is 0 Å². The van der Waals surface area contributed by atoms with Crippen LogP contribution in [0.15, 0.2) is 24.3 Å². The van der Waals surface area contributed by atoms with Gasteiger partial charge in [0.25, 0.3) is 0 Å². The van der Waals surface area contributed by atoms with Gasteiger partial charge in [-0.25, -0.2) is 0 Å². The Hall–Kier alpha value is -0.763. The molecular formula is C7H13NSi. The zero-order valence-electron chi connectivity index (χ0n) is 4.89. The molecule has 1 aromatic carbocycles. The van der Waals surface area contributed by atoms with Crippen molar-refractivity contribution in [2.45, 2.75) is 6.92 Å². The second-order valence-electron chi connectivity index (χ2n) is 1.86. The summed E-state index contributed by atoms with van der Waals surface area (Å²) in [7, 11) is 0. The number of nitrogens with two attached hydrogens (primary N) is 1. The number of hydrogen-bond acceptors (Lipinski definition) is 1. The molecule has 0 fully saturated rings. The Balaban J connectivity index is 0.000000640. The number of rotatable bonds is 0. The van der Waals surface area contributed by atoms with Gasteiger partial charge in [-0.1, -0.05) is 18.2 Å². The highest BCUT2D eigenvalue weighted by Gasteiger charge is 1.84. The molecule has 0 saturated heterocycles. The van der Waals surface area contributed by atoms with E-state index in [1.165, 1.54) is 0 Å². The van der Waals surface area contributed by atoms with E-state index >= 15 is 0 Å². The minimum atomic E-state index is 0. The SMILES string of the molecule is Cc1ccccc1N.[SiH4]. The van der Waals surface area contributed by atoms with Crippen LogP contribution in [0.5, 0.6) is 0 Å². The third-order valence-electron chi connectivity index (χ3n) is 1.19. The van der Waals surface area contributed by atoms with Crippen molar-refractivity contribution < 1.29 is 0 Å². The number of nitrogen functional groups attached to an aromatic ring is 1. The molecule has 0 spiro atoms. The minimum Gasteiger partial charge on any atom is -0.399 e. The average molecular weight is 139 g/mol. The zero-order valence-corrected chi connectivity index (χ0v) is 4.89. The predicted molar refractivity (Wildman–Crippen MR) is 46.9 cm³/mol. The van der Waals surface area contributed by atoms with Crippen LogP contribution in [-0.2, 0) is 0 Å². The molecule has 0 aliphatic heterocycles. The standard InChI is InChI=1S/C7H9N.H4Si/c1-6-4-2-3-5-7(6)8;/h2-5H,8H2,1H3;1H4. The highest BCUT2D eigenvalue weighted by atomic mass is 28.1. The van der Waals surface area contributed by atoms with Crippen molar-refractivity contribution in [3.8, 4) is 0 Å². The second-order valence-corrected chi connectivity index (χ2v) is 1.86. The molecule has 0 amide bonds. The first-order chi connectivity index (χ1) is 3.80. The Bertz CT molecular complexity index is 165. The predicted octanol–water partition coefficient (Wildman–Crippen LogP) is 0.126. The van der Waals surface area contributed by atoms with Gasteiger partial charge in [-0.3, -0.25) is 0 Å². The van der Waals surface area contributed by atoms with Crippen LogP contribution in [0.25, 0.3) is 0 Å².